The molecule has 13 heavy (non-hydrogen) atoms. The van der Waals surface area contributed by atoms with Crippen LogP contribution in [0.3, 0.4) is 0 Å². The first-order valence-corrected chi connectivity index (χ1v) is 4.70. The summed E-state index contributed by atoms with van der Waals surface area (Å²) in [4.78, 5) is 11.5. The van der Waals surface area contributed by atoms with Gasteiger partial charge in [0.05, 0.1) is 12.0 Å². The van der Waals surface area contributed by atoms with Crippen LogP contribution in [0.2, 0.25) is 0 Å². The highest BCUT2D eigenvalue weighted by Gasteiger charge is 2.35. The molecule has 3 nitrogen and oxygen atoms in total. The van der Waals surface area contributed by atoms with Crippen LogP contribution >= 0.6 is 12.3 Å². The molecule has 0 N–H and O–H groups in total. The zero-order valence-corrected chi connectivity index (χ0v) is 7.52. The Hall–Kier alpha value is -1.16. The maximum atomic E-state index is 11.5. The van der Waals surface area contributed by atoms with Gasteiger partial charge in [-0.1, -0.05) is 12.2 Å². The van der Waals surface area contributed by atoms with Gasteiger partial charge in [0.1, 0.15) is 11.5 Å². The van der Waals surface area contributed by atoms with E-state index >= 15 is 0 Å². The minimum absolute atomic E-state index is 0.133. The van der Waals surface area contributed by atoms with Crippen LogP contribution in [0, 0.1) is 0 Å². The predicted molar refractivity (Wildman–Crippen MR) is 47.2 cm³/mol. The maximum Gasteiger partial charge on any atom is 0.292 e. The molecule has 0 saturated carbocycles. The summed E-state index contributed by atoms with van der Waals surface area (Å²) < 4.78 is 10.4. The van der Waals surface area contributed by atoms with Gasteiger partial charge in [-0.25, -0.2) is 0 Å². The first kappa shape index (κ1) is 7.26. The number of allylic oxidation sites excluding steroid dienone is 4. The van der Waals surface area contributed by atoms with Gasteiger partial charge in [-0.15, -0.1) is 0 Å². The van der Waals surface area contributed by atoms with E-state index in [0.717, 1.165) is 35.0 Å². The number of ketones is 1. The van der Waals surface area contributed by atoms with Crippen molar-refractivity contribution in [2.24, 2.45) is 0 Å². The summed E-state index contributed by atoms with van der Waals surface area (Å²) >= 11 is 0.940. The van der Waals surface area contributed by atoms with E-state index in [4.69, 9.17) is 8.37 Å². The van der Waals surface area contributed by atoms with E-state index in [0.29, 0.717) is 12.8 Å². The minimum atomic E-state index is 0.133. The van der Waals surface area contributed by atoms with Crippen molar-refractivity contribution < 1.29 is 13.2 Å². The third-order valence-electron chi connectivity index (χ3n) is 2.31. The number of fused-ring (bicyclic) bond motifs is 3. The molecule has 1 saturated heterocycles. The third-order valence-corrected chi connectivity index (χ3v) is 2.84. The highest BCUT2D eigenvalue weighted by molar-refractivity contribution is 7.90. The molecule has 0 radical (unpaired) electrons. The molecule has 1 fully saturated rings. The summed E-state index contributed by atoms with van der Waals surface area (Å²) in [5, 5.41) is 0. The van der Waals surface area contributed by atoms with Crippen molar-refractivity contribution in [1.29, 1.82) is 0 Å². The van der Waals surface area contributed by atoms with E-state index in [-0.39, 0.29) is 5.78 Å². The van der Waals surface area contributed by atoms with Crippen LogP contribution < -0.4 is 0 Å². The Morgan fingerprint density at radius 3 is 3.08 bits per heavy atom. The lowest BCUT2D eigenvalue weighted by molar-refractivity contribution is -0.114. The average Bonchev–Trinajstić information content (AvgIpc) is 2.41. The smallest absolute Gasteiger partial charge is 0.292 e. The Morgan fingerprint density at radius 1 is 1.31 bits per heavy atom. The average molecular weight is 194 g/mol. The van der Waals surface area contributed by atoms with Crippen LogP contribution in [0.4, 0.5) is 0 Å². The fourth-order valence-corrected chi connectivity index (χ4v) is 2.22. The van der Waals surface area contributed by atoms with Crippen molar-refractivity contribution in [3.05, 3.63) is 34.8 Å². The first-order chi connectivity index (χ1) is 6.36. The van der Waals surface area contributed by atoms with E-state index < -0.39 is 0 Å². The molecule has 0 aromatic rings. The van der Waals surface area contributed by atoms with Crippen LogP contribution in [-0.4, -0.2) is 5.78 Å². The van der Waals surface area contributed by atoms with Crippen molar-refractivity contribution in [3.8, 4) is 0 Å². The van der Waals surface area contributed by atoms with Crippen LogP contribution in [0.25, 0.3) is 0 Å². The highest BCUT2D eigenvalue weighted by atomic mass is 32.2. The van der Waals surface area contributed by atoms with Gasteiger partial charge in [-0.2, -0.15) is 0 Å². The zero-order chi connectivity index (χ0) is 8.84. The fourth-order valence-electron chi connectivity index (χ4n) is 1.73. The molecular weight excluding hydrogens is 188 g/mol. The molecule has 0 aromatic carbocycles. The third kappa shape index (κ3) is 0.891. The first-order valence-electron chi connectivity index (χ1n) is 4.04. The van der Waals surface area contributed by atoms with E-state index in [2.05, 4.69) is 0 Å². The lowest BCUT2D eigenvalue weighted by Crippen LogP contribution is -2.07. The van der Waals surface area contributed by atoms with Gasteiger partial charge in [-0.05, 0) is 0 Å². The van der Waals surface area contributed by atoms with Gasteiger partial charge >= 0.3 is 0 Å². The maximum absolute atomic E-state index is 11.5. The molecule has 0 amide bonds. The summed E-state index contributed by atoms with van der Waals surface area (Å²) in [6, 6.07) is 0. The molecule has 0 unspecified atom stereocenters. The normalized spacial score (nSPS) is 24.5. The van der Waals surface area contributed by atoms with Gasteiger partial charge < -0.3 is 8.37 Å². The van der Waals surface area contributed by atoms with Gasteiger partial charge in [0.2, 0.25) is 0 Å². The van der Waals surface area contributed by atoms with Crippen LogP contribution in [-0.2, 0) is 13.2 Å². The van der Waals surface area contributed by atoms with Gasteiger partial charge in [0.15, 0.2) is 5.78 Å². The molecule has 0 spiro atoms. The Balaban J connectivity index is 2.23. The monoisotopic (exact) mass is 194 g/mol. The van der Waals surface area contributed by atoms with Gasteiger partial charge in [0, 0.05) is 12.0 Å². The second-order valence-electron chi connectivity index (χ2n) is 3.08. The Morgan fingerprint density at radius 2 is 2.15 bits per heavy atom. The standard InChI is InChI=1S/C9H6O3S/c10-6-3-1-2-5-7-4-8(9(5)6)12-13-11-7/h1-2H,3-4H2. The summed E-state index contributed by atoms with van der Waals surface area (Å²) in [6.45, 7) is 0. The van der Waals surface area contributed by atoms with Crippen molar-refractivity contribution >= 4 is 18.1 Å². The van der Waals surface area contributed by atoms with E-state index in [1.54, 1.807) is 0 Å². The molecule has 3 aliphatic rings. The molecule has 0 atom stereocenters. The lowest BCUT2D eigenvalue weighted by atomic mass is 9.96. The van der Waals surface area contributed by atoms with Crippen LogP contribution in [0.1, 0.15) is 12.8 Å². The highest BCUT2D eigenvalue weighted by Crippen LogP contribution is 2.44. The largest absolute Gasteiger partial charge is 0.395 e. The Labute approximate surface area is 79.5 Å². The molecule has 0 aromatic heterocycles. The molecule has 1 aliphatic heterocycles. The Kier molecular flexibility index (Phi) is 1.35. The van der Waals surface area contributed by atoms with Crippen molar-refractivity contribution in [2.45, 2.75) is 12.8 Å². The predicted octanol–water partition coefficient (Wildman–Crippen LogP) is 2.04. The molecule has 4 heteroatoms. The number of rotatable bonds is 0. The fraction of sp³-hybridized carbons (Fsp3) is 0.222. The number of hydrogen-bond acceptors (Lipinski definition) is 4. The molecule has 2 bridgehead atoms. The topological polar surface area (TPSA) is 35.5 Å². The number of carbonyl (C=O) groups excluding carboxylic acids is 1. The summed E-state index contributed by atoms with van der Waals surface area (Å²) in [6.07, 6.45) is 4.91. The number of hydrogen-bond donors (Lipinski definition) is 0. The van der Waals surface area contributed by atoms with Gasteiger partial charge in [0.25, 0.3) is 12.3 Å². The van der Waals surface area contributed by atoms with E-state index in [1.165, 1.54) is 0 Å². The zero-order valence-electron chi connectivity index (χ0n) is 6.70. The van der Waals surface area contributed by atoms with Gasteiger partial charge in [-0.3, -0.25) is 4.79 Å². The SMILES string of the molecule is O=C1CC=CC2=C3CC(=C12)OSO3. The summed E-state index contributed by atoms with van der Waals surface area (Å²) in [5.74, 6) is 1.75. The Bertz CT molecular complexity index is 390. The van der Waals surface area contributed by atoms with Crippen molar-refractivity contribution in [3.63, 3.8) is 0 Å². The number of carbonyl (C=O) groups is 1. The second kappa shape index (κ2) is 2.42. The summed E-state index contributed by atoms with van der Waals surface area (Å²) in [5.41, 5.74) is 1.64. The quantitative estimate of drug-likeness (QED) is 0.553. The molecule has 1 heterocycles. The lowest BCUT2D eigenvalue weighted by Gasteiger charge is -2.11. The number of Topliss-reactive ketones (excluding diaryl/α,β-unsaturated/α-hetero) is 1. The van der Waals surface area contributed by atoms with Crippen LogP contribution in [0.15, 0.2) is 34.8 Å². The minimum Gasteiger partial charge on any atom is -0.395 e. The van der Waals surface area contributed by atoms with E-state index in [1.807, 2.05) is 12.2 Å². The van der Waals surface area contributed by atoms with Crippen molar-refractivity contribution in [1.82, 2.24) is 0 Å². The molecule has 66 valence electrons. The van der Waals surface area contributed by atoms with Crippen molar-refractivity contribution in [2.75, 3.05) is 0 Å². The summed E-state index contributed by atoms with van der Waals surface area (Å²) in [7, 11) is 0. The van der Waals surface area contributed by atoms with E-state index in [9.17, 15) is 4.79 Å². The molecule has 2 aliphatic carbocycles. The second-order valence-corrected chi connectivity index (χ2v) is 3.55. The van der Waals surface area contributed by atoms with Crippen LogP contribution in [0.5, 0.6) is 0 Å². The molecular formula is C9H6O3S. The molecule has 3 rings (SSSR count).